The third-order valence-electron chi connectivity index (χ3n) is 2.45. The molecule has 4 nitrogen and oxygen atoms in total. The summed E-state index contributed by atoms with van der Waals surface area (Å²) in [6.45, 7) is 4.26. The van der Waals surface area contributed by atoms with Gasteiger partial charge >= 0.3 is 0 Å². The van der Waals surface area contributed by atoms with E-state index in [2.05, 4.69) is 15.2 Å². The number of alkyl halides is 2. The second-order valence-electron chi connectivity index (χ2n) is 3.73. The van der Waals surface area contributed by atoms with Crippen molar-refractivity contribution in [3.8, 4) is 0 Å². The molecule has 1 aromatic heterocycles. The molecule has 3 N–H and O–H groups in total. The number of halogens is 2. The van der Waals surface area contributed by atoms with E-state index in [1.54, 1.807) is 0 Å². The van der Waals surface area contributed by atoms with Gasteiger partial charge in [0.05, 0.1) is 5.41 Å². The second kappa shape index (κ2) is 3.18. The van der Waals surface area contributed by atoms with Gasteiger partial charge < -0.3 is 5.73 Å². The first-order chi connectivity index (χ1) is 6.31. The molecular formula is C8H14F2N4. The molecular weight excluding hydrogens is 190 g/mol. The number of aromatic nitrogens is 3. The molecule has 0 amide bonds. The van der Waals surface area contributed by atoms with Crippen molar-refractivity contribution in [2.45, 2.75) is 38.5 Å². The summed E-state index contributed by atoms with van der Waals surface area (Å²) in [6, 6.07) is 0. The molecule has 0 aliphatic rings. The Morgan fingerprint density at radius 2 is 2.00 bits per heavy atom. The first-order valence-electron chi connectivity index (χ1n) is 4.37. The zero-order valence-electron chi connectivity index (χ0n) is 8.43. The molecule has 0 aliphatic carbocycles. The van der Waals surface area contributed by atoms with Crippen molar-refractivity contribution in [3.05, 3.63) is 5.82 Å². The monoisotopic (exact) mass is 204 g/mol. The number of nitrogen functional groups attached to an aromatic ring is 1. The standard InChI is InChI=1S/C8H14F2N4/c1-4-8(9,10)7(2,3)5-12-6(11)14-13-5/h4H2,1-3H3,(H3,11,12,13,14). The van der Waals surface area contributed by atoms with Gasteiger partial charge in [-0.15, -0.1) is 5.10 Å². The molecule has 1 heterocycles. The van der Waals surface area contributed by atoms with Crippen LogP contribution in [0.25, 0.3) is 0 Å². The van der Waals surface area contributed by atoms with Gasteiger partial charge in [-0.2, -0.15) is 4.98 Å². The molecule has 0 bridgehead atoms. The summed E-state index contributed by atoms with van der Waals surface area (Å²) >= 11 is 0. The third-order valence-corrected chi connectivity index (χ3v) is 2.45. The molecule has 0 aromatic carbocycles. The molecule has 0 fully saturated rings. The van der Waals surface area contributed by atoms with Crippen LogP contribution in [-0.2, 0) is 5.41 Å². The van der Waals surface area contributed by atoms with Gasteiger partial charge in [-0.25, -0.2) is 8.78 Å². The Morgan fingerprint density at radius 1 is 1.43 bits per heavy atom. The third kappa shape index (κ3) is 1.56. The lowest BCUT2D eigenvalue weighted by atomic mass is 9.83. The number of H-pyrrole nitrogens is 1. The maximum Gasteiger partial charge on any atom is 0.259 e. The van der Waals surface area contributed by atoms with E-state index in [1.807, 2.05) is 0 Å². The van der Waals surface area contributed by atoms with Crippen molar-refractivity contribution in [1.82, 2.24) is 15.2 Å². The van der Waals surface area contributed by atoms with Gasteiger partial charge in [-0.1, -0.05) is 6.92 Å². The summed E-state index contributed by atoms with van der Waals surface area (Å²) in [7, 11) is 0. The van der Waals surface area contributed by atoms with E-state index in [0.29, 0.717) is 0 Å². The van der Waals surface area contributed by atoms with Gasteiger partial charge in [0, 0.05) is 6.42 Å². The summed E-state index contributed by atoms with van der Waals surface area (Å²) < 4.78 is 27.0. The summed E-state index contributed by atoms with van der Waals surface area (Å²) in [4.78, 5) is 3.73. The fourth-order valence-corrected chi connectivity index (χ4v) is 1.17. The van der Waals surface area contributed by atoms with Crippen molar-refractivity contribution >= 4 is 5.95 Å². The van der Waals surface area contributed by atoms with Crippen LogP contribution in [0.15, 0.2) is 0 Å². The number of rotatable bonds is 3. The van der Waals surface area contributed by atoms with E-state index >= 15 is 0 Å². The first-order valence-corrected chi connectivity index (χ1v) is 4.37. The van der Waals surface area contributed by atoms with Gasteiger partial charge in [0.1, 0.15) is 5.82 Å². The normalized spacial score (nSPS) is 13.2. The number of anilines is 1. The molecule has 14 heavy (non-hydrogen) atoms. The fraction of sp³-hybridized carbons (Fsp3) is 0.750. The quantitative estimate of drug-likeness (QED) is 0.787. The second-order valence-corrected chi connectivity index (χ2v) is 3.73. The van der Waals surface area contributed by atoms with Gasteiger partial charge in [-0.3, -0.25) is 5.10 Å². The van der Waals surface area contributed by atoms with Crippen LogP contribution in [0.5, 0.6) is 0 Å². The number of hydrogen-bond donors (Lipinski definition) is 2. The molecule has 1 aromatic rings. The van der Waals surface area contributed by atoms with Crippen LogP contribution in [0, 0.1) is 0 Å². The number of nitrogens with two attached hydrogens (primary N) is 1. The van der Waals surface area contributed by atoms with Crippen LogP contribution >= 0.6 is 0 Å². The topological polar surface area (TPSA) is 67.6 Å². The fourth-order valence-electron chi connectivity index (χ4n) is 1.17. The predicted octanol–water partition coefficient (Wildman–Crippen LogP) is 1.71. The van der Waals surface area contributed by atoms with Gasteiger partial charge in [0.25, 0.3) is 5.92 Å². The Morgan fingerprint density at radius 3 is 2.36 bits per heavy atom. The summed E-state index contributed by atoms with van der Waals surface area (Å²) in [5, 5.41) is 5.96. The summed E-state index contributed by atoms with van der Waals surface area (Å²) in [5.74, 6) is -2.74. The van der Waals surface area contributed by atoms with E-state index in [4.69, 9.17) is 5.73 Å². The maximum atomic E-state index is 13.5. The van der Waals surface area contributed by atoms with Crippen molar-refractivity contribution in [2.24, 2.45) is 0 Å². The number of nitrogens with zero attached hydrogens (tertiary/aromatic N) is 2. The van der Waals surface area contributed by atoms with Crippen LogP contribution in [0.2, 0.25) is 0 Å². The molecule has 6 heteroatoms. The smallest absolute Gasteiger partial charge is 0.259 e. The largest absolute Gasteiger partial charge is 0.367 e. The lowest BCUT2D eigenvalue weighted by Crippen LogP contribution is -2.40. The highest BCUT2D eigenvalue weighted by atomic mass is 19.3. The van der Waals surface area contributed by atoms with Gasteiger partial charge in [0.2, 0.25) is 5.95 Å². The highest BCUT2D eigenvalue weighted by Crippen LogP contribution is 2.39. The summed E-state index contributed by atoms with van der Waals surface area (Å²) in [5.41, 5.74) is 3.88. The predicted molar refractivity (Wildman–Crippen MR) is 49.1 cm³/mol. The zero-order valence-corrected chi connectivity index (χ0v) is 8.43. The Bertz CT molecular complexity index is 319. The van der Waals surface area contributed by atoms with Crippen LogP contribution in [0.1, 0.15) is 33.0 Å². The first kappa shape index (κ1) is 10.9. The Labute approximate surface area is 80.9 Å². The number of hydrogen-bond acceptors (Lipinski definition) is 3. The molecule has 0 saturated carbocycles. The Hall–Kier alpha value is -1.20. The minimum absolute atomic E-state index is 0.0139. The van der Waals surface area contributed by atoms with Crippen LogP contribution in [0.4, 0.5) is 14.7 Å². The minimum atomic E-state index is -2.83. The molecule has 0 atom stereocenters. The SMILES string of the molecule is CCC(F)(F)C(C)(C)c1nc(N)n[nH]1. The lowest BCUT2D eigenvalue weighted by Gasteiger charge is -2.30. The van der Waals surface area contributed by atoms with E-state index in [1.165, 1.54) is 20.8 Å². The van der Waals surface area contributed by atoms with Crippen LogP contribution in [-0.4, -0.2) is 21.1 Å². The highest BCUT2D eigenvalue weighted by Gasteiger charge is 2.48. The van der Waals surface area contributed by atoms with E-state index in [9.17, 15) is 8.78 Å². The molecule has 0 aliphatic heterocycles. The van der Waals surface area contributed by atoms with Crippen molar-refractivity contribution in [3.63, 3.8) is 0 Å². The van der Waals surface area contributed by atoms with E-state index < -0.39 is 11.3 Å². The lowest BCUT2D eigenvalue weighted by molar-refractivity contribution is -0.0713. The van der Waals surface area contributed by atoms with Crippen molar-refractivity contribution in [1.29, 1.82) is 0 Å². The zero-order chi connectivity index (χ0) is 11.0. The highest BCUT2D eigenvalue weighted by molar-refractivity contribution is 5.19. The van der Waals surface area contributed by atoms with Crippen LogP contribution in [0.3, 0.4) is 0 Å². The summed E-state index contributed by atoms with van der Waals surface area (Å²) in [6.07, 6.45) is -0.249. The van der Waals surface area contributed by atoms with Crippen LogP contribution < -0.4 is 5.73 Å². The van der Waals surface area contributed by atoms with E-state index in [-0.39, 0.29) is 18.2 Å². The molecule has 0 spiro atoms. The molecule has 80 valence electrons. The maximum absolute atomic E-state index is 13.5. The van der Waals surface area contributed by atoms with Gasteiger partial charge in [-0.05, 0) is 13.8 Å². The Kier molecular flexibility index (Phi) is 2.47. The average molecular weight is 204 g/mol. The van der Waals surface area contributed by atoms with Gasteiger partial charge in [0.15, 0.2) is 0 Å². The molecule has 1 rings (SSSR count). The number of nitrogens with one attached hydrogen (secondary N) is 1. The minimum Gasteiger partial charge on any atom is -0.367 e. The molecule has 0 radical (unpaired) electrons. The van der Waals surface area contributed by atoms with E-state index in [0.717, 1.165) is 0 Å². The molecule has 0 saturated heterocycles. The molecule has 0 unspecified atom stereocenters. The average Bonchev–Trinajstić information content (AvgIpc) is 2.52. The number of aromatic amines is 1. The Balaban J connectivity index is 3.07. The van der Waals surface area contributed by atoms with Crippen molar-refractivity contribution in [2.75, 3.05) is 5.73 Å². The van der Waals surface area contributed by atoms with Crippen molar-refractivity contribution < 1.29 is 8.78 Å².